The molecule has 0 unspecified atom stereocenters. The van der Waals surface area contributed by atoms with E-state index in [9.17, 15) is 14.7 Å². The number of halogens is 3. The summed E-state index contributed by atoms with van der Waals surface area (Å²) in [7, 11) is 0. The van der Waals surface area contributed by atoms with Crippen LogP contribution in [0.15, 0.2) is 39.9 Å². The molecule has 0 spiro atoms. The van der Waals surface area contributed by atoms with Crippen LogP contribution in [-0.4, -0.2) is 29.7 Å². The zero-order chi connectivity index (χ0) is 20.0. The molecule has 0 aliphatic rings. The lowest BCUT2D eigenvalue weighted by molar-refractivity contribution is -0.136. The van der Waals surface area contributed by atoms with Gasteiger partial charge in [-0.3, -0.25) is 9.59 Å². The Morgan fingerprint density at radius 3 is 2.74 bits per heavy atom. The Labute approximate surface area is 173 Å². The molecule has 0 aliphatic carbocycles. The van der Waals surface area contributed by atoms with Gasteiger partial charge in [0.05, 0.1) is 33.0 Å². The molecule has 0 fully saturated rings. The summed E-state index contributed by atoms with van der Waals surface area (Å²) in [5.41, 5.74) is 2.83. The van der Waals surface area contributed by atoms with Gasteiger partial charge >= 0.3 is 11.8 Å². The molecule has 2 aromatic rings. The standard InChI is InChI=1S/C17H14BrCl2N3O4/c1-2-27-13-7-9(6-10(18)15(13)24)8-21-23-17(26)16(25)22-12-5-3-4-11(19)14(12)20/h3-8,24H,2H2,1H3,(H,22,25)(H,23,26)/b21-8-. The van der Waals surface area contributed by atoms with Gasteiger partial charge in [0.2, 0.25) is 0 Å². The average molecular weight is 475 g/mol. The highest BCUT2D eigenvalue weighted by molar-refractivity contribution is 9.10. The fourth-order valence-electron chi connectivity index (χ4n) is 1.93. The smallest absolute Gasteiger partial charge is 0.329 e. The number of phenols is 1. The maximum absolute atomic E-state index is 11.9. The van der Waals surface area contributed by atoms with Crippen LogP contribution in [0.1, 0.15) is 12.5 Å². The van der Waals surface area contributed by atoms with Gasteiger partial charge in [0.25, 0.3) is 0 Å². The maximum atomic E-state index is 11.9. The van der Waals surface area contributed by atoms with Crippen LogP contribution >= 0.6 is 39.1 Å². The first-order valence-corrected chi connectivity index (χ1v) is 9.12. The number of anilines is 1. The fraction of sp³-hybridized carbons (Fsp3) is 0.118. The van der Waals surface area contributed by atoms with E-state index in [1.807, 2.05) is 0 Å². The summed E-state index contributed by atoms with van der Waals surface area (Å²) in [6.45, 7) is 2.14. The number of carbonyl (C=O) groups excluding carboxylic acids is 2. The molecular weight excluding hydrogens is 461 g/mol. The van der Waals surface area contributed by atoms with Gasteiger partial charge in [-0.05, 0) is 52.7 Å². The number of benzene rings is 2. The van der Waals surface area contributed by atoms with Crippen LogP contribution in [0.5, 0.6) is 11.5 Å². The molecule has 2 aromatic carbocycles. The molecule has 3 N–H and O–H groups in total. The summed E-state index contributed by atoms with van der Waals surface area (Å²) in [5, 5.41) is 16.3. The molecule has 0 aromatic heterocycles. The largest absolute Gasteiger partial charge is 0.503 e. The van der Waals surface area contributed by atoms with E-state index in [4.69, 9.17) is 27.9 Å². The van der Waals surface area contributed by atoms with Gasteiger partial charge in [0.15, 0.2) is 11.5 Å². The lowest BCUT2D eigenvalue weighted by Gasteiger charge is -2.08. The lowest BCUT2D eigenvalue weighted by atomic mass is 10.2. The van der Waals surface area contributed by atoms with Crippen molar-refractivity contribution in [2.45, 2.75) is 6.92 Å². The Balaban J connectivity index is 2.02. The van der Waals surface area contributed by atoms with Crippen molar-refractivity contribution in [3.63, 3.8) is 0 Å². The summed E-state index contributed by atoms with van der Waals surface area (Å²) < 4.78 is 5.69. The van der Waals surface area contributed by atoms with E-state index < -0.39 is 11.8 Å². The Bertz CT molecular complexity index is 906. The zero-order valence-electron chi connectivity index (χ0n) is 13.9. The molecule has 0 aliphatic heterocycles. The van der Waals surface area contributed by atoms with Gasteiger partial charge in [-0.25, -0.2) is 5.43 Å². The topological polar surface area (TPSA) is 100 Å². The molecule has 0 saturated heterocycles. The Morgan fingerprint density at radius 1 is 1.30 bits per heavy atom. The molecule has 0 saturated carbocycles. The summed E-state index contributed by atoms with van der Waals surface area (Å²) in [6, 6.07) is 7.74. The number of amides is 2. The number of phenolic OH excluding ortho intramolecular Hbond substituents is 1. The second-order valence-electron chi connectivity index (χ2n) is 5.04. The quantitative estimate of drug-likeness (QED) is 0.347. The van der Waals surface area contributed by atoms with E-state index in [1.165, 1.54) is 18.3 Å². The normalized spacial score (nSPS) is 10.7. The van der Waals surface area contributed by atoms with Crippen LogP contribution in [0.2, 0.25) is 10.0 Å². The molecule has 10 heteroatoms. The van der Waals surface area contributed by atoms with E-state index in [2.05, 4.69) is 31.8 Å². The molecule has 27 heavy (non-hydrogen) atoms. The van der Waals surface area contributed by atoms with Crippen molar-refractivity contribution >= 4 is 62.8 Å². The maximum Gasteiger partial charge on any atom is 0.329 e. The minimum Gasteiger partial charge on any atom is -0.503 e. The number of nitrogens with one attached hydrogen (secondary N) is 2. The van der Waals surface area contributed by atoms with E-state index in [1.54, 1.807) is 25.1 Å². The fourth-order valence-corrected chi connectivity index (χ4v) is 2.74. The van der Waals surface area contributed by atoms with Crippen molar-refractivity contribution in [2.75, 3.05) is 11.9 Å². The molecule has 2 rings (SSSR count). The summed E-state index contributed by atoms with van der Waals surface area (Å²) >= 11 is 15.0. The van der Waals surface area contributed by atoms with Crippen molar-refractivity contribution in [1.82, 2.24) is 5.43 Å². The number of rotatable bonds is 5. The average Bonchev–Trinajstić information content (AvgIpc) is 2.63. The Morgan fingerprint density at radius 2 is 2.04 bits per heavy atom. The van der Waals surface area contributed by atoms with Crippen molar-refractivity contribution < 1.29 is 19.4 Å². The Hall–Kier alpha value is -2.29. The summed E-state index contributed by atoms with van der Waals surface area (Å²) in [5.74, 6) is -1.74. The zero-order valence-corrected chi connectivity index (χ0v) is 17.0. The number of hydrogen-bond donors (Lipinski definition) is 3. The van der Waals surface area contributed by atoms with Gasteiger partial charge in [-0.2, -0.15) is 5.10 Å². The first kappa shape index (κ1) is 21.0. The summed E-state index contributed by atoms with van der Waals surface area (Å²) in [4.78, 5) is 23.7. The highest BCUT2D eigenvalue weighted by Gasteiger charge is 2.15. The molecule has 142 valence electrons. The third-order valence-corrected chi connectivity index (χ3v) is 4.56. The number of hydrogen-bond acceptors (Lipinski definition) is 5. The predicted octanol–water partition coefficient (Wildman–Crippen LogP) is 3.95. The van der Waals surface area contributed by atoms with Crippen LogP contribution in [0.4, 0.5) is 5.69 Å². The second kappa shape index (κ2) is 9.59. The monoisotopic (exact) mass is 473 g/mol. The van der Waals surface area contributed by atoms with Gasteiger partial charge in [-0.15, -0.1) is 0 Å². The first-order chi connectivity index (χ1) is 12.8. The van der Waals surface area contributed by atoms with Crippen LogP contribution in [0.3, 0.4) is 0 Å². The third kappa shape index (κ3) is 5.59. The third-order valence-electron chi connectivity index (χ3n) is 3.14. The van der Waals surface area contributed by atoms with Gasteiger partial charge in [0.1, 0.15) is 0 Å². The second-order valence-corrected chi connectivity index (χ2v) is 6.68. The molecule has 7 nitrogen and oxygen atoms in total. The minimum atomic E-state index is -0.995. The van der Waals surface area contributed by atoms with Crippen LogP contribution in [0, 0.1) is 0 Å². The SMILES string of the molecule is CCOc1cc(/C=N\NC(=O)C(=O)Nc2cccc(Cl)c2Cl)cc(Br)c1O. The molecule has 0 atom stereocenters. The molecular formula is C17H14BrCl2N3O4. The molecule has 0 heterocycles. The van der Waals surface area contributed by atoms with Crippen LogP contribution in [-0.2, 0) is 9.59 Å². The minimum absolute atomic E-state index is 0.0455. The van der Waals surface area contributed by atoms with Crippen molar-refractivity contribution in [3.8, 4) is 11.5 Å². The highest BCUT2D eigenvalue weighted by atomic mass is 79.9. The first-order valence-electron chi connectivity index (χ1n) is 7.57. The molecule has 0 bridgehead atoms. The van der Waals surface area contributed by atoms with E-state index in [0.717, 1.165) is 0 Å². The van der Waals surface area contributed by atoms with Gasteiger partial charge in [0, 0.05) is 0 Å². The number of nitrogens with zero attached hydrogens (tertiary/aromatic N) is 1. The van der Waals surface area contributed by atoms with Crippen molar-refractivity contribution in [2.24, 2.45) is 5.10 Å². The molecule has 2 amide bonds. The highest BCUT2D eigenvalue weighted by Crippen LogP contribution is 2.35. The Kier molecular flexibility index (Phi) is 7.46. The molecule has 0 radical (unpaired) electrons. The lowest BCUT2D eigenvalue weighted by Crippen LogP contribution is -2.32. The number of carbonyl (C=O) groups is 2. The van der Waals surface area contributed by atoms with E-state index in [0.29, 0.717) is 16.6 Å². The van der Waals surface area contributed by atoms with Gasteiger partial charge < -0.3 is 15.2 Å². The number of hydrazone groups is 1. The predicted molar refractivity (Wildman–Crippen MR) is 108 cm³/mol. The van der Waals surface area contributed by atoms with Crippen molar-refractivity contribution in [1.29, 1.82) is 0 Å². The van der Waals surface area contributed by atoms with Gasteiger partial charge in [-0.1, -0.05) is 29.3 Å². The van der Waals surface area contributed by atoms with E-state index in [-0.39, 0.29) is 27.2 Å². The van der Waals surface area contributed by atoms with Crippen molar-refractivity contribution in [3.05, 3.63) is 50.4 Å². The number of ether oxygens (including phenoxy) is 1. The van der Waals surface area contributed by atoms with E-state index >= 15 is 0 Å². The van der Waals surface area contributed by atoms with Crippen LogP contribution in [0.25, 0.3) is 0 Å². The summed E-state index contributed by atoms with van der Waals surface area (Å²) in [6.07, 6.45) is 1.30. The van der Waals surface area contributed by atoms with Crippen LogP contribution < -0.4 is 15.5 Å². The number of aromatic hydroxyl groups is 1.